The van der Waals surface area contributed by atoms with E-state index in [0.29, 0.717) is 21.5 Å². The average Bonchev–Trinajstić information content (AvgIpc) is 3.17. The zero-order chi connectivity index (χ0) is 22.9. The van der Waals surface area contributed by atoms with Crippen molar-refractivity contribution >= 4 is 101 Å². The summed E-state index contributed by atoms with van der Waals surface area (Å²) in [4.78, 5) is 3.80. The van der Waals surface area contributed by atoms with Crippen molar-refractivity contribution in [2.45, 2.75) is 64.5 Å². The Labute approximate surface area is 226 Å². The van der Waals surface area contributed by atoms with Gasteiger partial charge in [0.2, 0.25) is 0 Å². The molecule has 2 fully saturated rings. The van der Waals surface area contributed by atoms with Gasteiger partial charge in [0, 0.05) is 25.2 Å². The van der Waals surface area contributed by atoms with Crippen LogP contribution in [-0.2, 0) is 44.9 Å². The first kappa shape index (κ1) is 31.9. The van der Waals surface area contributed by atoms with E-state index in [1.807, 2.05) is 9.80 Å². The van der Waals surface area contributed by atoms with Crippen LogP contribution in [0.15, 0.2) is 0 Å². The summed E-state index contributed by atoms with van der Waals surface area (Å²) in [6.07, 6.45) is 5.48. The first-order chi connectivity index (χ1) is 13.9. The second kappa shape index (κ2) is 15.0. The number of thiocarbonyl (C=S) groups is 2. The van der Waals surface area contributed by atoms with E-state index in [1.54, 1.807) is 0 Å². The molecule has 2 aliphatic heterocycles. The van der Waals surface area contributed by atoms with Gasteiger partial charge in [-0.2, -0.15) is 0 Å². The molecule has 2 saturated heterocycles. The topological polar surface area (TPSA) is 74.8 Å². The van der Waals surface area contributed by atoms with Crippen LogP contribution in [0, 0.1) is 0 Å². The maximum absolute atomic E-state index is 11.3. The van der Waals surface area contributed by atoms with Gasteiger partial charge in [0.1, 0.15) is 0 Å². The van der Waals surface area contributed by atoms with E-state index in [4.69, 9.17) is 49.7 Å². The predicted octanol–water partition coefficient (Wildman–Crippen LogP) is 1.83. The van der Waals surface area contributed by atoms with E-state index in [-0.39, 0.29) is 58.1 Å². The van der Waals surface area contributed by atoms with Crippen molar-refractivity contribution in [1.82, 2.24) is 9.80 Å². The molecule has 0 saturated carbocycles. The number of sulfone groups is 2. The molecule has 2 aliphatic rings. The van der Waals surface area contributed by atoms with Gasteiger partial charge in [-0.15, -0.1) is 0 Å². The largest absolute Gasteiger partial charge is 2.00 e. The summed E-state index contributed by atoms with van der Waals surface area (Å²) in [5, 5.41) is 0. The Bertz CT molecular complexity index is 725. The Kier molecular flexibility index (Phi) is 15.4. The van der Waals surface area contributed by atoms with Gasteiger partial charge in [-0.25, -0.2) is 16.8 Å². The number of nitrogens with zero attached hydrogens (tertiary/aromatic N) is 2. The van der Waals surface area contributed by atoms with E-state index in [9.17, 15) is 16.8 Å². The maximum Gasteiger partial charge on any atom is 2.00 e. The van der Waals surface area contributed by atoms with Gasteiger partial charge in [-0.05, 0) is 25.7 Å². The summed E-state index contributed by atoms with van der Waals surface area (Å²) in [5.74, 6) is 0.984. The summed E-state index contributed by atoms with van der Waals surface area (Å²) in [5.41, 5.74) is 0. The molecular weight excluding hydrogens is 525 g/mol. The number of hydrogen-bond donors (Lipinski definition) is 0. The molecule has 0 aromatic carbocycles. The minimum Gasteiger partial charge on any atom is -0.411 e. The molecule has 2 rings (SSSR count). The smallest absolute Gasteiger partial charge is 0.411 e. The second-order valence-electron chi connectivity index (χ2n) is 7.74. The molecule has 0 aromatic heterocycles. The normalized spacial score (nSPS) is 23.2. The van der Waals surface area contributed by atoms with Crippen LogP contribution in [0.25, 0.3) is 0 Å². The minimum absolute atomic E-state index is 0. The Morgan fingerprint density at radius 2 is 1.13 bits per heavy atom. The Balaban J connectivity index is 0.000000562. The quantitative estimate of drug-likeness (QED) is 0.251. The van der Waals surface area contributed by atoms with Crippen LogP contribution in [0.3, 0.4) is 0 Å². The van der Waals surface area contributed by atoms with Crippen LogP contribution in [0.1, 0.15) is 52.4 Å². The maximum atomic E-state index is 11.3. The van der Waals surface area contributed by atoms with Crippen molar-refractivity contribution in [3.63, 3.8) is 0 Å². The molecule has 0 spiro atoms. The van der Waals surface area contributed by atoms with E-state index < -0.39 is 19.7 Å². The van der Waals surface area contributed by atoms with Gasteiger partial charge >= 0.3 is 23.1 Å². The van der Waals surface area contributed by atoms with Crippen molar-refractivity contribution in [2.75, 3.05) is 36.1 Å². The van der Waals surface area contributed by atoms with E-state index in [0.717, 1.165) is 38.8 Å². The van der Waals surface area contributed by atoms with Crippen LogP contribution in [-0.4, -0.2) is 107 Å². The Morgan fingerprint density at radius 3 is 1.32 bits per heavy atom. The summed E-state index contributed by atoms with van der Waals surface area (Å²) in [6.45, 7) is 5.77. The SMILES string of the molecule is CCCCN(C(=S)[S-])C1CCS(=O)(=O)C1.CCCCN(C(=S)[S-])C1CCS(=O)(=O)C1.[Mg+2]. The fraction of sp³-hybridized carbons (Fsp3) is 0.889. The molecule has 2 atom stereocenters. The second-order valence-corrected chi connectivity index (χ2v) is 14.3. The standard InChI is InChI=1S/2C9H17NO2S3.Mg/c2*1-2-3-5-10(9(13)14)8-4-6-15(11,12)7-8;/h2*8H,2-7H2,1H3,(H,13,14);/q;;+2/p-2. The van der Waals surface area contributed by atoms with Crippen LogP contribution >= 0.6 is 24.4 Å². The molecule has 0 bridgehead atoms. The third-order valence-corrected chi connectivity index (χ3v) is 9.71. The van der Waals surface area contributed by atoms with Crippen LogP contribution in [0.4, 0.5) is 0 Å². The van der Waals surface area contributed by atoms with Crippen molar-refractivity contribution in [3.8, 4) is 0 Å². The molecular formula is C18H32MgN2O4S6. The van der Waals surface area contributed by atoms with Gasteiger partial charge in [0.05, 0.1) is 23.0 Å². The number of hydrogen-bond acceptors (Lipinski definition) is 8. The predicted molar refractivity (Wildman–Crippen MR) is 143 cm³/mol. The molecule has 6 nitrogen and oxygen atoms in total. The zero-order valence-electron chi connectivity index (χ0n) is 18.3. The van der Waals surface area contributed by atoms with Gasteiger partial charge < -0.3 is 59.5 Å². The molecule has 0 aromatic rings. The zero-order valence-corrected chi connectivity index (χ0v) is 24.6. The summed E-state index contributed by atoms with van der Waals surface area (Å²) in [6, 6.07) is 0.0399. The Hall–Kier alpha value is 0.886. The van der Waals surface area contributed by atoms with Crippen LogP contribution in [0.2, 0.25) is 0 Å². The van der Waals surface area contributed by atoms with Crippen molar-refractivity contribution in [3.05, 3.63) is 0 Å². The molecule has 0 amide bonds. The molecule has 0 aliphatic carbocycles. The van der Waals surface area contributed by atoms with Crippen molar-refractivity contribution in [2.24, 2.45) is 0 Å². The average molecular weight is 557 g/mol. The van der Waals surface area contributed by atoms with Crippen LogP contribution in [0.5, 0.6) is 0 Å². The fourth-order valence-electron chi connectivity index (χ4n) is 3.55. The van der Waals surface area contributed by atoms with E-state index >= 15 is 0 Å². The minimum atomic E-state index is -2.85. The van der Waals surface area contributed by atoms with Crippen LogP contribution < -0.4 is 0 Å². The number of rotatable bonds is 8. The fourth-order valence-corrected chi connectivity index (χ4v) is 7.97. The number of unbranched alkanes of at least 4 members (excludes halogenated alkanes) is 2. The van der Waals surface area contributed by atoms with Gasteiger partial charge in [-0.3, -0.25) is 0 Å². The van der Waals surface area contributed by atoms with E-state index in [1.165, 1.54) is 0 Å². The van der Waals surface area contributed by atoms with E-state index in [2.05, 4.69) is 13.8 Å². The first-order valence-corrected chi connectivity index (χ1v) is 15.6. The summed E-state index contributed by atoms with van der Waals surface area (Å²) in [7, 11) is -5.69. The van der Waals surface area contributed by atoms with Gasteiger partial charge in [0.25, 0.3) is 0 Å². The molecule has 176 valence electrons. The molecule has 0 N–H and O–H groups in total. The van der Waals surface area contributed by atoms with Gasteiger partial charge in [0.15, 0.2) is 19.7 Å². The molecule has 13 heteroatoms. The summed E-state index contributed by atoms with van der Waals surface area (Å²) >= 11 is 20.0. The third-order valence-electron chi connectivity index (χ3n) is 5.27. The first-order valence-electron chi connectivity index (χ1n) is 10.3. The molecule has 0 radical (unpaired) electrons. The molecule has 2 unspecified atom stereocenters. The van der Waals surface area contributed by atoms with Gasteiger partial charge in [-0.1, -0.05) is 35.3 Å². The van der Waals surface area contributed by atoms with Crippen molar-refractivity contribution < 1.29 is 16.8 Å². The monoisotopic (exact) mass is 556 g/mol. The Morgan fingerprint density at radius 1 is 0.806 bits per heavy atom. The molecule has 31 heavy (non-hydrogen) atoms. The summed E-state index contributed by atoms with van der Waals surface area (Å²) < 4.78 is 46.2. The van der Waals surface area contributed by atoms with Crippen molar-refractivity contribution in [1.29, 1.82) is 0 Å². The molecule has 2 heterocycles. The third kappa shape index (κ3) is 11.7.